The van der Waals surface area contributed by atoms with E-state index in [2.05, 4.69) is 9.97 Å². The van der Waals surface area contributed by atoms with E-state index in [1.54, 1.807) is 31.3 Å². The number of carbonyl (C=O) groups excluding carboxylic acids is 1. The van der Waals surface area contributed by atoms with Gasteiger partial charge in [0.1, 0.15) is 6.04 Å². The number of hydrogen-bond acceptors (Lipinski definition) is 6. The molecular weight excluding hydrogens is 326 g/mol. The van der Waals surface area contributed by atoms with Gasteiger partial charge < -0.3 is 9.30 Å². The number of hydrogen-bond donors (Lipinski definition) is 0. The summed E-state index contributed by atoms with van der Waals surface area (Å²) in [5, 5.41) is 0. The van der Waals surface area contributed by atoms with Crippen molar-refractivity contribution in [2.75, 3.05) is 7.11 Å². The average Bonchev–Trinajstić information content (AvgIpc) is 3.08. The lowest BCUT2D eigenvalue weighted by atomic mass is 10.3. The highest BCUT2D eigenvalue weighted by Crippen LogP contribution is 2.14. The fourth-order valence-corrected chi connectivity index (χ4v) is 2.66. The Balaban J connectivity index is 2.24. The molecule has 3 aromatic heterocycles. The molecule has 9 heteroatoms. The van der Waals surface area contributed by atoms with E-state index in [-0.39, 0.29) is 17.7 Å². The van der Waals surface area contributed by atoms with Crippen LogP contribution in [0.4, 0.5) is 0 Å². The number of methoxy groups -OCH3 is 1. The van der Waals surface area contributed by atoms with E-state index in [1.807, 2.05) is 0 Å². The number of aromatic nitrogens is 5. The Labute approximate surface area is 142 Å². The molecule has 0 radical (unpaired) electrons. The van der Waals surface area contributed by atoms with Crippen molar-refractivity contribution in [3.8, 4) is 0 Å². The second-order valence-corrected chi connectivity index (χ2v) is 5.58. The molecule has 0 aliphatic rings. The molecule has 0 N–H and O–H groups in total. The van der Waals surface area contributed by atoms with Gasteiger partial charge in [-0.15, -0.1) is 0 Å². The molecule has 0 aliphatic carbocycles. The molecule has 1 unspecified atom stereocenters. The molecule has 25 heavy (non-hydrogen) atoms. The van der Waals surface area contributed by atoms with E-state index in [0.717, 1.165) is 4.57 Å². The Bertz CT molecular complexity index is 1050. The fourth-order valence-electron chi connectivity index (χ4n) is 2.66. The van der Waals surface area contributed by atoms with E-state index in [9.17, 15) is 14.4 Å². The van der Waals surface area contributed by atoms with Crippen LogP contribution in [0.5, 0.6) is 0 Å². The van der Waals surface area contributed by atoms with E-state index in [0.29, 0.717) is 5.69 Å². The Morgan fingerprint density at radius 1 is 1.28 bits per heavy atom. The van der Waals surface area contributed by atoms with Gasteiger partial charge in [-0.05, 0) is 19.1 Å². The van der Waals surface area contributed by atoms with Crippen LogP contribution in [0.3, 0.4) is 0 Å². The van der Waals surface area contributed by atoms with Crippen molar-refractivity contribution in [3.63, 3.8) is 0 Å². The van der Waals surface area contributed by atoms with Crippen molar-refractivity contribution in [1.82, 2.24) is 23.7 Å². The molecular formula is C16H17N5O4. The normalized spacial score (nSPS) is 12.3. The van der Waals surface area contributed by atoms with Crippen LogP contribution in [0.25, 0.3) is 11.2 Å². The Hall–Kier alpha value is -3.23. The monoisotopic (exact) mass is 343 g/mol. The lowest BCUT2D eigenvalue weighted by Gasteiger charge is -2.13. The molecule has 130 valence electrons. The first kappa shape index (κ1) is 16.6. The molecule has 0 bridgehead atoms. The van der Waals surface area contributed by atoms with Crippen molar-refractivity contribution in [3.05, 3.63) is 57.3 Å². The third-order valence-corrected chi connectivity index (χ3v) is 4.06. The molecule has 0 spiro atoms. The number of nitrogens with zero attached hydrogens (tertiary/aromatic N) is 5. The topological polar surface area (TPSA) is 101 Å². The standard InChI is InChI=1S/C16H17N5O4/c1-10(15(23)25-3)21-9-18-13-12(21)14(22)20(16(24)19(13)2)8-11-6-4-5-7-17-11/h4-7,9-10H,8H2,1-3H3. The number of imidazole rings is 1. The summed E-state index contributed by atoms with van der Waals surface area (Å²) in [6, 6.07) is 4.51. The smallest absolute Gasteiger partial charge is 0.332 e. The first-order chi connectivity index (χ1) is 12.0. The highest BCUT2D eigenvalue weighted by molar-refractivity contribution is 5.78. The maximum Gasteiger partial charge on any atom is 0.332 e. The van der Waals surface area contributed by atoms with Crippen molar-refractivity contribution >= 4 is 17.1 Å². The minimum atomic E-state index is -0.747. The number of ether oxygens (including phenoxy) is 1. The summed E-state index contributed by atoms with van der Waals surface area (Å²) < 4.78 is 8.50. The van der Waals surface area contributed by atoms with E-state index in [1.165, 1.54) is 29.6 Å². The third kappa shape index (κ3) is 2.73. The summed E-state index contributed by atoms with van der Waals surface area (Å²) in [5.74, 6) is -0.510. The molecule has 3 heterocycles. The Kier molecular flexibility index (Phi) is 4.22. The first-order valence-electron chi connectivity index (χ1n) is 7.59. The van der Waals surface area contributed by atoms with Gasteiger partial charge >= 0.3 is 11.7 Å². The van der Waals surface area contributed by atoms with Crippen LogP contribution in [-0.4, -0.2) is 36.7 Å². The van der Waals surface area contributed by atoms with Crippen LogP contribution < -0.4 is 11.2 Å². The lowest BCUT2D eigenvalue weighted by Crippen LogP contribution is -2.40. The molecule has 0 fully saturated rings. The summed E-state index contributed by atoms with van der Waals surface area (Å²) in [5.41, 5.74) is -0.0804. The summed E-state index contributed by atoms with van der Waals surface area (Å²) >= 11 is 0. The van der Waals surface area contributed by atoms with Gasteiger partial charge in [-0.2, -0.15) is 0 Å². The second-order valence-electron chi connectivity index (χ2n) is 5.58. The minimum Gasteiger partial charge on any atom is -0.467 e. The number of aryl methyl sites for hydroxylation is 1. The summed E-state index contributed by atoms with van der Waals surface area (Å²) in [4.78, 5) is 45.5. The van der Waals surface area contributed by atoms with Gasteiger partial charge in [-0.3, -0.25) is 18.9 Å². The summed E-state index contributed by atoms with van der Waals surface area (Å²) in [6.07, 6.45) is 2.95. The van der Waals surface area contributed by atoms with E-state index >= 15 is 0 Å². The number of rotatable bonds is 4. The van der Waals surface area contributed by atoms with Crippen molar-refractivity contribution < 1.29 is 9.53 Å². The van der Waals surface area contributed by atoms with Crippen LogP contribution in [0.15, 0.2) is 40.3 Å². The zero-order valence-electron chi connectivity index (χ0n) is 14.0. The molecule has 0 aliphatic heterocycles. The predicted molar refractivity (Wildman–Crippen MR) is 89.3 cm³/mol. The zero-order chi connectivity index (χ0) is 18.1. The van der Waals surface area contributed by atoms with Crippen LogP contribution >= 0.6 is 0 Å². The van der Waals surface area contributed by atoms with Gasteiger partial charge in [-0.1, -0.05) is 6.07 Å². The van der Waals surface area contributed by atoms with E-state index < -0.39 is 23.3 Å². The Morgan fingerprint density at radius 2 is 2.04 bits per heavy atom. The van der Waals surface area contributed by atoms with Gasteiger partial charge in [0.25, 0.3) is 5.56 Å². The minimum absolute atomic E-state index is 0.0278. The van der Waals surface area contributed by atoms with Gasteiger partial charge in [0.15, 0.2) is 11.2 Å². The van der Waals surface area contributed by atoms with Crippen molar-refractivity contribution in [2.45, 2.75) is 19.5 Å². The maximum absolute atomic E-state index is 12.9. The van der Waals surface area contributed by atoms with Gasteiger partial charge in [0.2, 0.25) is 0 Å². The highest BCUT2D eigenvalue weighted by atomic mass is 16.5. The molecule has 0 amide bonds. The number of pyridine rings is 1. The van der Waals surface area contributed by atoms with E-state index in [4.69, 9.17) is 4.74 Å². The number of carbonyl (C=O) groups is 1. The summed E-state index contributed by atoms with van der Waals surface area (Å²) in [7, 11) is 2.80. The van der Waals surface area contributed by atoms with Crippen LogP contribution in [0.1, 0.15) is 18.7 Å². The molecule has 1 atom stereocenters. The quantitative estimate of drug-likeness (QED) is 0.622. The van der Waals surface area contributed by atoms with Gasteiger partial charge in [0.05, 0.1) is 25.7 Å². The lowest BCUT2D eigenvalue weighted by molar-refractivity contribution is -0.143. The molecule has 0 aromatic carbocycles. The summed E-state index contributed by atoms with van der Waals surface area (Å²) in [6.45, 7) is 1.63. The molecule has 3 aromatic rings. The predicted octanol–water partition coefficient (Wildman–Crippen LogP) is 0.0740. The number of esters is 1. The average molecular weight is 343 g/mol. The highest BCUT2D eigenvalue weighted by Gasteiger charge is 2.23. The maximum atomic E-state index is 12.9. The third-order valence-electron chi connectivity index (χ3n) is 4.06. The molecule has 9 nitrogen and oxygen atoms in total. The molecule has 0 saturated heterocycles. The Morgan fingerprint density at radius 3 is 2.68 bits per heavy atom. The van der Waals surface area contributed by atoms with Crippen LogP contribution in [0.2, 0.25) is 0 Å². The largest absolute Gasteiger partial charge is 0.467 e. The first-order valence-corrected chi connectivity index (χ1v) is 7.59. The van der Waals surface area contributed by atoms with Crippen LogP contribution in [0, 0.1) is 0 Å². The van der Waals surface area contributed by atoms with Crippen molar-refractivity contribution in [2.24, 2.45) is 7.05 Å². The van der Waals surface area contributed by atoms with Crippen LogP contribution in [-0.2, 0) is 23.1 Å². The molecule has 3 rings (SSSR count). The van der Waals surface area contributed by atoms with Gasteiger partial charge in [0, 0.05) is 13.2 Å². The van der Waals surface area contributed by atoms with Gasteiger partial charge in [-0.25, -0.2) is 14.6 Å². The number of fused-ring (bicyclic) bond motifs is 1. The SMILES string of the molecule is COC(=O)C(C)n1cnc2c1c(=O)n(Cc1ccccn1)c(=O)n2C. The fraction of sp³-hybridized carbons (Fsp3) is 0.312. The van der Waals surface area contributed by atoms with Crippen molar-refractivity contribution in [1.29, 1.82) is 0 Å². The zero-order valence-corrected chi connectivity index (χ0v) is 14.0. The molecule has 0 saturated carbocycles. The second kappa shape index (κ2) is 6.34.